The molecular weight excluding hydrogens is 409 g/mol. The smallest absolute Gasteiger partial charge is 0.410 e. The number of benzene rings is 2. The highest BCUT2D eigenvalue weighted by Gasteiger charge is 2.46. The maximum absolute atomic E-state index is 13.8. The quantitative estimate of drug-likeness (QED) is 0.603. The van der Waals surface area contributed by atoms with Crippen LogP contribution in [-0.2, 0) is 0 Å². The Balaban J connectivity index is 1.62. The predicted octanol–water partition coefficient (Wildman–Crippen LogP) is 5.11. The largest absolute Gasteiger partial charge is 0.497 e. The molecule has 2 heterocycles. The summed E-state index contributed by atoms with van der Waals surface area (Å²) in [6.45, 7) is 1.91. The Kier molecular flexibility index (Phi) is 5.34. The Labute approximate surface area is 177 Å². The third-order valence-electron chi connectivity index (χ3n) is 5.25. The second-order valence-corrected chi connectivity index (χ2v) is 7.44. The number of methoxy groups -OCH3 is 1. The van der Waals surface area contributed by atoms with Crippen LogP contribution in [-0.4, -0.2) is 29.0 Å². The SMILES string of the molecule is COc1ccc(C2CC(C(F)(F)F)n3nc(C(=O)Nc4ccc(C)cc4)cc3N2)cc1. The molecule has 2 atom stereocenters. The standard InChI is InChI=1S/C22H21F3N4O2/c1-13-3-7-15(8-4-13)26-21(30)18-12-20-27-17(14-5-9-16(31-2)10-6-14)11-19(22(23,24)25)29(20)28-18/h3-10,12,17,19,27H,11H2,1-2H3,(H,26,30). The summed E-state index contributed by atoms with van der Waals surface area (Å²) in [4.78, 5) is 12.6. The number of rotatable bonds is 4. The normalized spacial score (nSPS) is 18.1. The molecule has 4 rings (SSSR count). The summed E-state index contributed by atoms with van der Waals surface area (Å²) in [5, 5.41) is 9.72. The van der Waals surface area contributed by atoms with Gasteiger partial charge in [-0.25, -0.2) is 4.68 Å². The lowest BCUT2D eigenvalue weighted by molar-refractivity contribution is -0.173. The Morgan fingerprint density at radius 1 is 1.16 bits per heavy atom. The van der Waals surface area contributed by atoms with Gasteiger partial charge in [-0.05, 0) is 36.8 Å². The van der Waals surface area contributed by atoms with Gasteiger partial charge in [0.2, 0.25) is 0 Å². The van der Waals surface area contributed by atoms with Gasteiger partial charge in [0.1, 0.15) is 11.6 Å². The van der Waals surface area contributed by atoms with E-state index < -0.39 is 24.2 Å². The summed E-state index contributed by atoms with van der Waals surface area (Å²) >= 11 is 0. The second-order valence-electron chi connectivity index (χ2n) is 7.44. The minimum atomic E-state index is -4.52. The number of amides is 1. The lowest BCUT2D eigenvalue weighted by Crippen LogP contribution is -2.35. The second kappa shape index (κ2) is 7.98. The topological polar surface area (TPSA) is 68.2 Å². The van der Waals surface area contributed by atoms with Crippen molar-refractivity contribution in [3.8, 4) is 5.75 Å². The monoisotopic (exact) mass is 430 g/mol. The molecular formula is C22H21F3N4O2. The first kappa shape index (κ1) is 20.8. The zero-order valence-corrected chi connectivity index (χ0v) is 16.9. The highest BCUT2D eigenvalue weighted by molar-refractivity contribution is 6.03. The molecule has 2 unspecified atom stereocenters. The van der Waals surface area contributed by atoms with Crippen molar-refractivity contribution in [2.24, 2.45) is 0 Å². The van der Waals surface area contributed by atoms with Crippen molar-refractivity contribution < 1.29 is 22.7 Å². The Morgan fingerprint density at radius 2 is 1.84 bits per heavy atom. The Hall–Kier alpha value is -3.49. The first-order valence-corrected chi connectivity index (χ1v) is 9.69. The van der Waals surface area contributed by atoms with E-state index in [1.165, 1.54) is 13.2 Å². The van der Waals surface area contributed by atoms with E-state index in [1.54, 1.807) is 36.4 Å². The van der Waals surface area contributed by atoms with E-state index in [4.69, 9.17) is 4.74 Å². The third kappa shape index (κ3) is 4.35. The van der Waals surface area contributed by atoms with Gasteiger partial charge in [-0.2, -0.15) is 18.3 Å². The van der Waals surface area contributed by atoms with Gasteiger partial charge in [0.15, 0.2) is 11.7 Å². The highest BCUT2D eigenvalue weighted by Crippen LogP contribution is 2.43. The number of alkyl halides is 3. The summed E-state index contributed by atoms with van der Waals surface area (Å²) in [7, 11) is 1.52. The number of hydrogen-bond acceptors (Lipinski definition) is 4. The van der Waals surface area contributed by atoms with Gasteiger partial charge >= 0.3 is 6.18 Å². The van der Waals surface area contributed by atoms with Crippen molar-refractivity contribution >= 4 is 17.4 Å². The molecule has 1 amide bonds. The lowest BCUT2D eigenvalue weighted by Gasteiger charge is -2.33. The number of aryl methyl sites for hydroxylation is 1. The molecule has 1 aliphatic heterocycles. The fourth-order valence-electron chi connectivity index (χ4n) is 3.57. The maximum atomic E-state index is 13.8. The number of ether oxygens (including phenoxy) is 1. The van der Waals surface area contributed by atoms with Gasteiger partial charge in [-0.3, -0.25) is 4.79 Å². The molecule has 0 saturated heterocycles. The van der Waals surface area contributed by atoms with Crippen LogP contribution in [0.4, 0.5) is 24.7 Å². The molecule has 2 aromatic carbocycles. The van der Waals surface area contributed by atoms with E-state index in [9.17, 15) is 18.0 Å². The van der Waals surface area contributed by atoms with Gasteiger partial charge in [-0.1, -0.05) is 29.8 Å². The van der Waals surface area contributed by atoms with Gasteiger partial charge in [0.25, 0.3) is 5.91 Å². The van der Waals surface area contributed by atoms with E-state index in [0.717, 1.165) is 10.2 Å². The van der Waals surface area contributed by atoms with Crippen LogP contribution in [0.5, 0.6) is 5.75 Å². The fourth-order valence-corrected chi connectivity index (χ4v) is 3.57. The Bertz CT molecular complexity index is 1080. The maximum Gasteiger partial charge on any atom is 0.410 e. The predicted molar refractivity (Wildman–Crippen MR) is 110 cm³/mol. The van der Waals surface area contributed by atoms with Crippen molar-refractivity contribution in [1.82, 2.24) is 9.78 Å². The third-order valence-corrected chi connectivity index (χ3v) is 5.25. The van der Waals surface area contributed by atoms with E-state index in [1.807, 2.05) is 19.1 Å². The summed E-state index contributed by atoms with van der Waals surface area (Å²) < 4.78 is 47.4. The van der Waals surface area contributed by atoms with Crippen LogP contribution >= 0.6 is 0 Å². The van der Waals surface area contributed by atoms with Crippen LogP contribution in [0.3, 0.4) is 0 Å². The molecule has 162 valence electrons. The molecule has 6 nitrogen and oxygen atoms in total. The van der Waals surface area contributed by atoms with Crippen LogP contribution in [0, 0.1) is 6.92 Å². The van der Waals surface area contributed by atoms with Gasteiger partial charge in [0.05, 0.1) is 13.2 Å². The minimum absolute atomic E-state index is 0.0901. The van der Waals surface area contributed by atoms with Crippen molar-refractivity contribution in [3.05, 3.63) is 71.4 Å². The van der Waals surface area contributed by atoms with Gasteiger partial charge < -0.3 is 15.4 Å². The molecule has 0 spiro atoms. The zero-order chi connectivity index (χ0) is 22.2. The number of halogens is 3. The summed E-state index contributed by atoms with van der Waals surface area (Å²) in [6.07, 6.45) is -4.76. The molecule has 2 N–H and O–H groups in total. The van der Waals surface area contributed by atoms with E-state index in [0.29, 0.717) is 17.0 Å². The first-order valence-electron chi connectivity index (χ1n) is 9.69. The van der Waals surface area contributed by atoms with Crippen LogP contribution in [0.2, 0.25) is 0 Å². The molecule has 9 heteroatoms. The molecule has 0 bridgehead atoms. The number of hydrogen-bond donors (Lipinski definition) is 2. The van der Waals surface area contributed by atoms with Crippen molar-refractivity contribution in [1.29, 1.82) is 0 Å². The average Bonchev–Trinajstić information content (AvgIpc) is 3.18. The number of nitrogens with one attached hydrogen (secondary N) is 2. The number of fused-ring (bicyclic) bond motifs is 1. The molecule has 3 aromatic rings. The molecule has 1 aliphatic rings. The lowest BCUT2D eigenvalue weighted by atomic mass is 9.97. The van der Waals surface area contributed by atoms with E-state index in [-0.39, 0.29) is 17.9 Å². The van der Waals surface area contributed by atoms with Crippen LogP contribution in [0.1, 0.15) is 40.1 Å². The molecule has 0 fully saturated rings. The number of anilines is 2. The first-order chi connectivity index (χ1) is 14.7. The summed E-state index contributed by atoms with van der Waals surface area (Å²) in [5.74, 6) is 0.185. The van der Waals surface area contributed by atoms with Crippen molar-refractivity contribution in [2.45, 2.75) is 31.6 Å². The fraction of sp³-hybridized carbons (Fsp3) is 0.273. The molecule has 31 heavy (non-hydrogen) atoms. The highest BCUT2D eigenvalue weighted by atomic mass is 19.4. The summed E-state index contributed by atoms with van der Waals surface area (Å²) in [5.41, 5.74) is 2.16. The zero-order valence-electron chi connectivity index (χ0n) is 16.9. The van der Waals surface area contributed by atoms with Crippen LogP contribution in [0.15, 0.2) is 54.6 Å². The molecule has 0 aliphatic carbocycles. The van der Waals surface area contributed by atoms with Crippen LogP contribution in [0.25, 0.3) is 0 Å². The number of nitrogens with zero attached hydrogens (tertiary/aromatic N) is 2. The molecule has 0 radical (unpaired) electrons. The van der Waals surface area contributed by atoms with Crippen LogP contribution < -0.4 is 15.4 Å². The van der Waals surface area contributed by atoms with Gasteiger partial charge in [-0.15, -0.1) is 0 Å². The minimum Gasteiger partial charge on any atom is -0.497 e. The van der Waals surface area contributed by atoms with Crippen molar-refractivity contribution in [2.75, 3.05) is 17.7 Å². The molecule has 0 saturated carbocycles. The van der Waals surface area contributed by atoms with E-state index >= 15 is 0 Å². The Morgan fingerprint density at radius 3 is 2.45 bits per heavy atom. The number of carbonyl (C=O) groups excluding carboxylic acids is 1. The average molecular weight is 430 g/mol. The van der Waals surface area contributed by atoms with Crippen molar-refractivity contribution in [3.63, 3.8) is 0 Å². The van der Waals surface area contributed by atoms with E-state index in [2.05, 4.69) is 15.7 Å². The van der Waals surface area contributed by atoms with Gasteiger partial charge in [0, 0.05) is 18.2 Å². The summed E-state index contributed by atoms with van der Waals surface area (Å²) in [6, 6.07) is 12.9. The number of carbonyl (C=O) groups is 1. The number of aromatic nitrogens is 2. The molecule has 1 aromatic heterocycles.